The molecule has 1 unspecified atom stereocenters. The van der Waals surface area contributed by atoms with Gasteiger partial charge in [-0.3, -0.25) is 4.79 Å². The predicted octanol–water partition coefficient (Wildman–Crippen LogP) is 2.27. The van der Waals surface area contributed by atoms with Crippen LogP contribution in [0.3, 0.4) is 0 Å². The Morgan fingerprint density at radius 3 is 2.83 bits per heavy atom. The number of rotatable bonds is 3. The van der Waals surface area contributed by atoms with Crippen LogP contribution in [0.4, 0.5) is 0 Å². The molecule has 0 N–H and O–H groups in total. The molecule has 1 atom stereocenters. The van der Waals surface area contributed by atoms with Crippen molar-refractivity contribution in [3.63, 3.8) is 0 Å². The maximum atomic E-state index is 12.4. The average Bonchev–Trinajstić information content (AvgIpc) is 2.43. The van der Waals surface area contributed by atoms with E-state index in [1.807, 2.05) is 13.0 Å². The van der Waals surface area contributed by atoms with E-state index in [0.717, 1.165) is 19.3 Å². The Morgan fingerprint density at radius 1 is 1.44 bits per heavy atom. The van der Waals surface area contributed by atoms with Crippen molar-refractivity contribution in [3.05, 3.63) is 35.4 Å². The number of nitrogens with zero attached hydrogens (tertiary/aromatic N) is 1. The smallest absolute Gasteiger partial charge is 0.226 e. The summed E-state index contributed by atoms with van der Waals surface area (Å²) in [5.74, 6) is 2.88. The summed E-state index contributed by atoms with van der Waals surface area (Å²) in [6, 6.07) is 8.41. The lowest BCUT2D eigenvalue weighted by atomic mass is 9.83. The summed E-state index contributed by atoms with van der Waals surface area (Å²) < 4.78 is 0. The SMILES string of the molecule is C#CCN(CC)C(=O)C1CCc2ccccc2C1. The Hall–Kier alpha value is -1.75. The van der Waals surface area contributed by atoms with Gasteiger partial charge >= 0.3 is 0 Å². The fourth-order valence-corrected chi connectivity index (χ4v) is 2.62. The molecule has 2 nitrogen and oxygen atoms in total. The fourth-order valence-electron chi connectivity index (χ4n) is 2.62. The molecule has 0 radical (unpaired) electrons. The highest BCUT2D eigenvalue weighted by molar-refractivity contribution is 5.79. The van der Waals surface area contributed by atoms with Gasteiger partial charge in [0.25, 0.3) is 0 Å². The monoisotopic (exact) mass is 241 g/mol. The standard InChI is InChI=1S/C16H19NO/c1-3-11-17(4-2)16(18)15-10-9-13-7-5-6-8-14(13)12-15/h1,5-8,15H,4,9-12H2,2H3. The van der Waals surface area contributed by atoms with Gasteiger partial charge in [0, 0.05) is 12.5 Å². The van der Waals surface area contributed by atoms with Gasteiger partial charge in [0.15, 0.2) is 0 Å². The third-order valence-electron chi connectivity index (χ3n) is 3.67. The third-order valence-corrected chi connectivity index (χ3v) is 3.67. The van der Waals surface area contributed by atoms with E-state index in [4.69, 9.17) is 6.42 Å². The minimum Gasteiger partial charge on any atom is -0.332 e. The predicted molar refractivity (Wildman–Crippen MR) is 73.0 cm³/mol. The maximum absolute atomic E-state index is 12.4. The van der Waals surface area contributed by atoms with Crippen LogP contribution in [0.2, 0.25) is 0 Å². The molecule has 0 aromatic heterocycles. The molecule has 0 bridgehead atoms. The summed E-state index contributed by atoms with van der Waals surface area (Å²) in [7, 11) is 0. The fraction of sp³-hybridized carbons (Fsp3) is 0.438. The van der Waals surface area contributed by atoms with Crippen LogP contribution in [-0.2, 0) is 17.6 Å². The molecule has 0 fully saturated rings. The molecule has 1 aliphatic carbocycles. The van der Waals surface area contributed by atoms with E-state index in [0.29, 0.717) is 13.1 Å². The molecular formula is C16H19NO. The summed E-state index contributed by atoms with van der Waals surface area (Å²) in [6.07, 6.45) is 8.10. The summed E-state index contributed by atoms with van der Waals surface area (Å²) in [5, 5.41) is 0. The zero-order chi connectivity index (χ0) is 13.0. The van der Waals surface area contributed by atoms with Gasteiger partial charge < -0.3 is 4.90 Å². The first kappa shape index (κ1) is 12.7. The van der Waals surface area contributed by atoms with Gasteiger partial charge in [-0.1, -0.05) is 30.2 Å². The van der Waals surface area contributed by atoms with E-state index in [1.54, 1.807) is 4.90 Å². The Kier molecular flexibility index (Phi) is 4.04. The van der Waals surface area contributed by atoms with Gasteiger partial charge in [0.05, 0.1) is 6.54 Å². The van der Waals surface area contributed by atoms with Crippen LogP contribution in [0.15, 0.2) is 24.3 Å². The summed E-state index contributed by atoms with van der Waals surface area (Å²) in [5.41, 5.74) is 2.71. The number of carbonyl (C=O) groups excluding carboxylic acids is 1. The first-order chi connectivity index (χ1) is 8.76. The van der Waals surface area contributed by atoms with Crippen LogP contribution in [0.1, 0.15) is 24.5 Å². The van der Waals surface area contributed by atoms with Gasteiger partial charge in [-0.25, -0.2) is 0 Å². The van der Waals surface area contributed by atoms with Crippen molar-refractivity contribution in [2.75, 3.05) is 13.1 Å². The van der Waals surface area contributed by atoms with E-state index < -0.39 is 0 Å². The highest BCUT2D eigenvalue weighted by Crippen LogP contribution is 2.26. The average molecular weight is 241 g/mol. The molecule has 0 aliphatic heterocycles. The van der Waals surface area contributed by atoms with Gasteiger partial charge in [0.2, 0.25) is 5.91 Å². The van der Waals surface area contributed by atoms with Crippen LogP contribution in [0.25, 0.3) is 0 Å². The lowest BCUT2D eigenvalue weighted by molar-refractivity contribution is -0.135. The van der Waals surface area contributed by atoms with Crippen molar-refractivity contribution in [1.82, 2.24) is 4.90 Å². The number of hydrogen-bond acceptors (Lipinski definition) is 1. The summed E-state index contributed by atoms with van der Waals surface area (Å²) >= 11 is 0. The van der Waals surface area contributed by atoms with Gasteiger partial charge in [-0.05, 0) is 37.3 Å². The molecule has 1 aliphatic rings. The van der Waals surface area contributed by atoms with E-state index >= 15 is 0 Å². The molecule has 0 saturated heterocycles. The Balaban J connectivity index is 2.09. The first-order valence-electron chi connectivity index (χ1n) is 6.55. The topological polar surface area (TPSA) is 20.3 Å². The Labute approximate surface area is 109 Å². The molecule has 1 aromatic carbocycles. The Morgan fingerprint density at radius 2 is 2.17 bits per heavy atom. The maximum Gasteiger partial charge on any atom is 0.226 e. The third kappa shape index (κ3) is 2.56. The van der Waals surface area contributed by atoms with Gasteiger partial charge in [-0.2, -0.15) is 0 Å². The second kappa shape index (κ2) is 5.73. The molecule has 94 valence electrons. The number of carbonyl (C=O) groups is 1. The van der Waals surface area contributed by atoms with Gasteiger partial charge in [-0.15, -0.1) is 6.42 Å². The number of amides is 1. The van der Waals surface area contributed by atoms with Crippen LogP contribution in [0.5, 0.6) is 0 Å². The largest absolute Gasteiger partial charge is 0.332 e. The second-order valence-corrected chi connectivity index (χ2v) is 4.76. The van der Waals surface area contributed by atoms with E-state index in [2.05, 4.69) is 24.1 Å². The van der Waals surface area contributed by atoms with Crippen LogP contribution in [-0.4, -0.2) is 23.9 Å². The van der Waals surface area contributed by atoms with Crippen LogP contribution >= 0.6 is 0 Å². The number of aryl methyl sites for hydroxylation is 1. The van der Waals surface area contributed by atoms with Crippen molar-refractivity contribution in [3.8, 4) is 12.3 Å². The van der Waals surface area contributed by atoms with Gasteiger partial charge in [0.1, 0.15) is 0 Å². The molecule has 0 heterocycles. The quantitative estimate of drug-likeness (QED) is 0.743. The molecule has 18 heavy (non-hydrogen) atoms. The molecule has 1 amide bonds. The number of fused-ring (bicyclic) bond motifs is 1. The highest BCUT2D eigenvalue weighted by Gasteiger charge is 2.27. The zero-order valence-electron chi connectivity index (χ0n) is 10.9. The normalized spacial score (nSPS) is 17.7. The number of benzene rings is 1. The molecule has 2 heteroatoms. The van der Waals surface area contributed by atoms with E-state index in [1.165, 1.54) is 11.1 Å². The summed E-state index contributed by atoms with van der Waals surface area (Å²) in [6.45, 7) is 3.10. The van der Waals surface area contributed by atoms with Crippen LogP contribution < -0.4 is 0 Å². The van der Waals surface area contributed by atoms with E-state index in [9.17, 15) is 4.79 Å². The molecular weight excluding hydrogens is 222 g/mol. The lowest BCUT2D eigenvalue weighted by Crippen LogP contribution is -2.38. The van der Waals surface area contributed by atoms with Crippen molar-refractivity contribution in [2.24, 2.45) is 5.92 Å². The minimum absolute atomic E-state index is 0.105. The van der Waals surface area contributed by atoms with Crippen molar-refractivity contribution in [2.45, 2.75) is 26.2 Å². The molecule has 0 spiro atoms. The second-order valence-electron chi connectivity index (χ2n) is 4.76. The lowest BCUT2D eigenvalue weighted by Gasteiger charge is -2.28. The Bertz CT molecular complexity index is 472. The zero-order valence-corrected chi connectivity index (χ0v) is 10.9. The first-order valence-corrected chi connectivity index (χ1v) is 6.55. The number of hydrogen-bond donors (Lipinski definition) is 0. The summed E-state index contributed by atoms with van der Waals surface area (Å²) in [4.78, 5) is 14.1. The van der Waals surface area contributed by atoms with E-state index in [-0.39, 0.29) is 11.8 Å². The van der Waals surface area contributed by atoms with Crippen molar-refractivity contribution in [1.29, 1.82) is 0 Å². The van der Waals surface area contributed by atoms with Crippen molar-refractivity contribution >= 4 is 5.91 Å². The molecule has 0 saturated carbocycles. The van der Waals surface area contributed by atoms with Crippen LogP contribution in [0, 0.1) is 18.3 Å². The molecule has 2 rings (SSSR count). The molecule has 1 aromatic rings. The minimum atomic E-state index is 0.105. The number of terminal acetylenes is 1. The highest BCUT2D eigenvalue weighted by atomic mass is 16.2. The van der Waals surface area contributed by atoms with Crippen molar-refractivity contribution < 1.29 is 4.79 Å².